The van der Waals surface area contributed by atoms with Gasteiger partial charge in [0, 0.05) is 31.1 Å². The quantitative estimate of drug-likeness (QED) is 0.661. The summed E-state index contributed by atoms with van der Waals surface area (Å²) in [6.45, 7) is 3.16. The lowest BCUT2D eigenvalue weighted by Gasteiger charge is -2.36. The molecule has 1 amide bonds. The molecule has 7 heteroatoms. The number of carbonyl (C=O) groups is 1. The molecule has 7 nitrogen and oxygen atoms in total. The normalized spacial score (nSPS) is 16.9. The second-order valence-electron chi connectivity index (χ2n) is 7.89. The van der Waals surface area contributed by atoms with Crippen molar-refractivity contribution in [3.63, 3.8) is 0 Å². The lowest BCUT2D eigenvalue weighted by molar-refractivity contribution is 0.0629. The van der Waals surface area contributed by atoms with E-state index in [1.807, 2.05) is 47.4 Å². The molecule has 0 radical (unpaired) electrons. The van der Waals surface area contributed by atoms with Gasteiger partial charge in [0.15, 0.2) is 17.1 Å². The number of hydrogen-bond donors (Lipinski definition) is 0. The summed E-state index contributed by atoms with van der Waals surface area (Å²) in [5.74, 6) is 1.24. The Bertz CT molecular complexity index is 1060. The molecule has 3 aromatic rings. The van der Waals surface area contributed by atoms with E-state index in [1.54, 1.807) is 0 Å². The average molecular weight is 407 g/mol. The third kappa shape index (κ3) is 3.50. The minimum Gasteiger partial charge on any atom is -0.486 e. The zero-order valence-electron chi connectivity index (χ0n) is 17.0. The van der Waals surface area contributed by atoms with Crippen molar-refractivity contribution in [2.45, 2.75) is 25.4 Å². The van der Waals surface area contributed by atoms with Gasteiger partial charge < -0.3 is 18.9 Å². The van der Waals surface area contributed by atoms with E-state index in [0.29, 0.717) is 36.3 Å². The van der Waals surface area contributed by atoms with Crippen molar-refractivity contribution in [1.29, 1.82) is 0 Å². The fourth-order valence-electron chi connectivity index (χ4n) is 4.34. The molecule has 0 N–H and O–H groups in total. The van der Waals surface area contributed by atoms with Gasteiger partial charge in [-0.3, -0.25) is 9.69 Å². The third-order valence-corrected chi connectivity index (χ3v) is 6.02. The summed E-state index contributed by atoms with van der Waals surface area (Å²) in [4.78, 5) is 17.3. The van der Waals surface area contributed by atoms with Gasteiger partial charge in [-0.05, 0) is 44.2 Å². The highest BCUT2D eigenvalue weighted by atomic mass is 16.6. The molecule has 0 unspecified atom stereocenters. The van der Waals surface area contributed by atoms with Crippen LogP contribution in [0.2, 0.25) is 0 Å². The summed E-state index contributed by atoms with van der Waals surface area (Å²) in [7, 11) is 2.12. The molecule has 0 aliphatic carbocycles. The molecule has 2 aliphatic heterocycles. The van der Waals surface area contributed by atoms with Crippen molar-refractivity contribution in [2.75, 3.05) is 33.4 Å². The number of piperidine rings is 1. The molecule has 156 valence electrons. The minimum absolute atomic E-state index is 0.0148. The van der Waals surface area contributed by atoms with Crippen molar-refractivity contribution < 1.29 is 18.8 Å². The van der Waals surface area contributed by atoms with E-state index in [9.17, 15) is 4.79 Å². The molecule has 1 aromatic heterocycles. The highest BCUT2D eigenvalue weighted by Crippen LogP contribution is 2.34. The van der Waals surface area contributed by atoms with E-state index in [2.05, 4.69) is 17.1 Å². The Kier molecular flexibility index (Phi) is 5.04. The fourth-order valence-corrected chi connectivity index (χ4v) is 4.34. The van der Waals surface area contributed by atoms with Crippen LogP contribution in [0.4, 0.5) is 0 Å². The van der Waals surface area contributed by atoms with E-state index in [-0.39, 0.29) is 5.91 Å². The summed E-state index contributed by atoms with van der Waals surface area (Å²) in [5, 5.41) is 5.31. The maximum absolute atomic E-state index is 13.1. The van der Waals surface area contributed by atoms with E-state index in [0.717, 1.165) is 49.1 Å². The lowest BCUT2D eigenvalue weighted by Crippen LogP contribution is -2.45. The molecule has 2 aliphatic rings. The summed E-state index contributed by atoms with van der Waals surface area (Å²) >= 11 is 0. The van der Waals surface area contributed by atoms with Gasteiger partial charge in [-0.15, -0.1) is 0 Å². The van der Waals surface area contributed by atoms with Gasteiger partial charge in [0.1, 0.15) is 18.9 Å². The maximum Gasteiger partial charge on any atom is 0.257 e. The molecule has 1 saturated heterocycles. The van der Waals surface area contributed by atoms with Crippen molar-refractivity contribution in [2.24, 2.45) is 0 Å². The van der Waals surface area contributed by atoms with Crippen LogP contribution in [0.1, 0.15) is 28.9 Å². The summed E-state index contributed by atoms with van der Waals surface area (Å²) < 4.78 is 16.8. The number of fused-ring (bicyclic) bond motifs is 2. The van der Waals surface area contributed by atoms with Gasteiger partial charge in [0.25, 0.3) is 5.91 Å². The number of carbonyl (C=O) groups excluding carboxylic acids is 1. The summed E-state index contributed by atoms with van der Waals surface area (Å²) in [6, 6.07) is 13.9. The van der Waals surface area contributed by atoms with E-state index >= 15 is 0 Å². The zero-order valence-corrected chi connectivity index (χ0v) is 17.0. The van der Waals surface area contributed by atoms with Gasteiger partial charge in [-0.25, -0.2) is 0 Å². The lowest BCUT2D eigenvalue weighted by atomic mass is 10.0. The largest absolute Gasteiger partial charge is 0.486 e. The maximum atomic E-state index is 13.1. The Morgan fingerprint density at radius 1 is 1.10 bits per heavy atom. The monoisotopic (exact) mass is 407 g/mol. The van der Waals surface area contributed by atoms with Crippen molar-refractivity contribution in [3.8, 4) is 11.5 Å². The minimum atomic E-state index is 0.0148. The molecule has 3 heterocycles. The Morgan fingerprint density at radius 2 is 1.90 bits per heavy atom. The smallest absolute Gasteiger partial charge is 0.257 e. The standard InChI is InChI=1S/C23H25N3O4/c1-25(15-19-17-5-2-3-7-20(17)30-24-19)16-9-11-26(12-10-16)23(27)18-6-4-8-21-22(18)29-14-13-28-21/h2-8,16H,9-15H2,1H3. The van der Waals surface area contributed by atoms with Crippen LogP contribution in [0.3, 0.4) is 0 Å². The molecule has 0 spiro atoms. The van der Waals surface area contributed by atoms with Crippen LogP contribution in [0.15, 0.2) is 47.0 Å². The first kappa shape index (κ1) is 18.9. The number of ether oxygens (including phenoxy) is 2. The topological polar surface area (TPSA) is 68.0 Å². The SMILES string of the molecule is CN(Cc1noc2ccccc12)C1CCN(C(=O)c2cccc3c2OCCO3)CC1. The van der Waals surface area contributed by atoms with Crippen LogP contribution in [0.25, 0.3) is 11.0 Å². The first-order chi connectivity index (χ1) is 14.7. The summed E-state index contributed by atoms with van der Waals surface area (Å²) in [6.07, 6.45) is 1.84. The first-order valence-electron chi connectivity index (χ1n) is 10.4. The number of nitrogens with zero attached hydrogens (tertiary/aromatic N) is 3. The molecule has 2 aromatic carbocycles. The Balaban J connectivity index is 1.22. The van der Waals surface area contributed by atoms with Crippen LogP contribution < -0.4 is 9.47 Å². The number of para-hydroxylation sites is 2. The van der Waals surface area contributed by atoms with Crippen LogP contribution >= 0.6 is 0 Å². The number of hydrogen-bond acceptors (Lipinski definition) is 6. The predicted molar refractivity (Wildman–Crippen MR) is 112 cm³/mol. The van der Waals surface area contributed by atoms with Crippen molar-refractivity contribution in [3.05, 3.63) is 53.7 Å². The summed E-state index contributed by atoms with van der Waals surface area (Å²) in [5.41, 5.74) is 2.37. The molecule has 30 heavy (non-hydrogen) atoms. The molecular weight excluding hydrogens is 382 g/mol. The molecule has 0 saturated carbocycles. The average Bonchev–Trinajstić information content (AvgIpc) is 3.21. The molecule has 0 atom stereocenters. The van der Waals surface area contributed by atoms with Crippen LogP contribution in [-0.2, 0) is 6.54 Å². The second-order valence-corrected chi connectivity index (χ2v) is 7.89. The predicted octanol–water partition coefficient (Wildman–Crippen LogP) is 3.34. The first-order valence-corrected chi connectivity index (χ1v) is 10.4. The van der Waals surface area contributed by atoms with Gasteiger partial charge in [0.05, 0.1) is 5.56 Å². The van der Waals surface area contributed by atoms with Gasteiger partial charge in [-0.1, -0.05) is 23.4 Å². The molecular formula is C23H25N3O4. The van der Waals surface area contributed by atoms with Gasteiger partial charge >= 0.3 is 0 Å². The highest BCUT2D eigenvalue weighted by molar-refractivity contribution is 5.98. The number of rotatable bonds is 4. The van der Waals surface area contributed by atoms with Crippen LogP contribution in [-0.4, -0.2) is 60.3 Å². The van der Waals surface area contributed by atoms with Crippen LogP contribution in [0, 0.1) is 0 Å². The van der Waals surface area contributed by atoms with E-state index in [4.69, 9.17) is 14.0 Å². The number of aromatic nitrogens is 1. The Labute approximate surface area is 175 Å². The second kappa shape index (κ2) is 7.99. The molecule has 5 rings (SSSR count). The van der Waals surface area contributed by atoms with Gasteiger partial charge in [-0.2, -0.15) is 0 Å². The number of benzene rings is 2. The Hall–Kier alpha value is -3.06. The van der Waals surface area contributed by atoms with Crippen molar-refractivity contribution in [1.82, 2.24) is 15.0 Å². The highest BCUT2D eigenvalue weighted by Gasteiger charge is 2.29. The molecule has 0 bridgehead atoms. The van der Waals surface area contributed by atoms with Gasteiger partial charge in [0.2, 0.25) is 0 Å². The third-order valence-electron chi connectivity index (χ3n) is 6.02. The fraction of sp³-hybridized carbons (Fsp3) is 0.391. The van der Waals surface area contributed by atoms with Crippen molar-refractivity contribution >= 4 is 16.9 Å². The number of likely N-dealkylation sites (tertiary alicyclic amines) is 1. The van der Waals surface area contributed by atoms with E-state index in [1.165, 1.54) is 0 Å². The zero-order chi connectivity index (χ0) is 20.5. The Morgan fingerprint density at radius 3 is 2.77 bits per heavy atom. The number of amides is 1. The van der Waals surface area contributed by atoms with E-state index < -0.39 is 0 Å². The molecule has 1 fully saturated rings. The van der Waals surface area contributed by atoms with Crippen LogP contribution in [0.5, 0.6) is 11.5 Å².